The molecule has 0 bridgehead atoms. The fraction of sp³-hybridized carbons (Fsp3) is 0.571. The number of hydrogen-bond donors (Lipinski definition) is 2. The summed E-state index contributed by atoms with van der Waals surface area (Å²) < 4.78 is 0. The van der Waals surface area contributed by atoms with Crippen molar-refractivity contribution in [2.45, 2.75) is 40.2 Å². The standard InChI is InChI=1S/C14H22N2O3/c1-10-5-6-11(16(18)19)7-13(10)15-9-12(17)8-14(2,3)4/h5-7,12,15,17H,8-9H2,1-4H3. The zero-order chi connectivity index (χ0) is 14.6. The van der Waals surface area contributed by atoms with Crippen LogP contribution >= 0.6 is 0 Å². The number of nitro benzene ring substituents is 1. The molecule has 0 heterocycles. The van der Waals surface area contributed by atoms with E-state index in [0.717, 1.165) is 5.56 Å². The predicted octanol–water partition coefficient (Wildman–Crippen LogP) is 3.11. The van der Waals surface area contributed by atoms with Crippen molar-refractivity contribution in [3.63, 3.8) is 0 Å². The normalized spacial score (nSPS) is 13.1. The van der Waals surface area contributed by atoms with Crippen LogP contribution in [0.25, 0.3) is 0 Å². The van der Waals surface area contributed by atoms with Gasteiger partial charge in [-0.1, -0.05) is 26.8 Å². The van der Waals surface area contributed by atoms with Crippen molar-refractivity contribution in [2.24, 2.45) is 5.41 Å². The van der Waals surface area contributed by atoms with Gasteiger partial charge in [0.1, 0.15) is 0 Å². The van der Waals surface area contributed by atoms with E-state index in [4.69, 9.17) is 0 Å². The van der Waals surface area contributed by atoms with Crippen LogP contribution in [0.2, 0.25) is 0 Å². The van der Waals surface area contributed by atoms with Crippen molar-refractivity contribution < 1.29 is 10.0 Å². The lowest BCUT2D eigenvalue weighted by molar-refractivity contribution is -0.384. The lowest BCUT2D eigenvalue weighted by Gasteiger charge is -2.23. The van der Waals surface area contributed by atoms with Crippen LogP contribution in [-0.4, -0.2) is 22.7 Å². The highest BCUT2D eigenvalue weighted by molar-refractivity contribution is 5.56. The van der Waals surface area contributed by atoms with Crippen LogP contribution in [0.4, 0.5) is 11.4 Å². The topological polar surface area (TPSA) is 75.4 Å². The molecule has 1 aromatic rings. The monoisotopic (exact) mass is 266 g/mol. The van der Waals surface area contributed by atoms with Gasteiger partial charge in [0, 0.05) is 24.4 Å². The van der Waals surface area contributed by atoms with E-state index in [1.54, 1.807) is 6.07 Å². The minimum atomic E-state index is -0.473. The zero-order valence-corrected chi connectivity index (χ0v) is 11.9. The largest absolute Gasteiger partial charge is 0.391 e. The molecule has 0 saturated carbocycles. The van der Waals surface area contributed by atoms with Gasteiger partial charge in [-0.05, 0) is 24.3 Å². The summed E-state index contributed by atoms with van der Waals surface area (Å²) in [4.78, 5) is 10.3. The first-order valence-corrected chi connectivity index (χ1v) is 6.36. The Balaban J connectivity index is 2.67. The minimum Gasteiger partial charge on any atom is -0.391 e. The van der Waals surface area contributed by atoms with Crippen LogP contribution in [-0.2, 0) is 0 Å². The van der Waals surface area contributed by atoms with Crippen LogP contribution in [0.1, 0.15) is 32.8 Å². The number of non-ortho nitro benzene ring substituents is 1. The molecule has 0 amide bonds. The van der Waals surface area contributed by atoms with E-state index in [2.05, 4.69) is 26.1 Å². The van der Waals surface area contributed by atoms with E-state index in [1.165, 1.54) is 12.1 Å². The number of aryl methyl sites for hydroxylation is 1. The van der Waals surface area contributed by atoms with Crippen molar-refractivity contribution in [3.05, 3.63) is 33.9 Å². The van der Waals surface area contributed by atoms with E-state index >= 15 is 0 Å². The maximum atomic E-state index is 10.7. The second kappa shape index (κ2) is 6.02. The maximum Gasteiger partial charge on any atom is 0.271 e. The van der Waals surface area contributed by atoms with Gasteiger partial charge in [-0.25, -0.2) is 0 Å². The van der Waals surface area contributed by atoms with Crippen molar-refractivity contribution in [1.82, 2.24) is 0 Å². The van der Waals surface area contributed by atoms with Gasteiger partial charge in [0.05, 0.1) is 11.0 Å². The average Bonchev–Trinajstić information content (AvgIpc) is 2.25. The van der Waals surface area contributed by atoms with Crippen LogP contribution in [0.15, 0.2) is 18.2 Å². The van der Waals surface area contributed by atoms with Crippen molar-refractivity contribution >= 4 is 11.4 Å². The molecule has 5 nitrogen and oxygen atoms in total. The molecular weight excluding hydrogens is 244 g/mol. The van der Waals surface area contributed by atoms with E-state index in [9.17, 15) is 15.2 Å². The third-order valence-corrected chi connectivity index (χ3v) is 2.81. The second-order valence-corrected chi connectivity index (χ2v) is 6.06. The van der Waals surface area contributed by atoms with Gasteiger partial charge in [0.2, 0.25) is 0 Å². The number of nitro groups is 1. The predicted molar refractivity (Wildman–Crippen MR) is 76.4 cm³/mol. The summed E-state index contributed by atoms with van der Waals surface area (Å²) in [7, 11) is 0. The molecule has 19 heavy (non-hydrogen) atoms. The van der Waals surface area contributed by atoms with Gasteiger partial charge < -0.3 is 10.4 Å². The number of anilines is 1. The number of nitrogens with zero attached hydrogens (tertiary/aromatic N) is 1. The van der Waals surface area contributed by atoms with Gasteiger partial charge in [-0.3, -0.25) is 10.1 Å². The van der Waals surface area contributed by atoms with Crippen molar-refractivity contribution in [3.8, 4) is 0 Å². The smallest absolute Gasteiger partial charge is 0.271 e. The second-order valence-electron chi connectivity index (χ2n) is 6.06. The molecule has 0 fully saturated rings. The fourth-order valence-electron chi connectivity index (χ4n) is 1.92. The van der Waals surface area contributed by atoms with Crippen molar-refractivity contribution in [1.29, 1.82) is 0 Å². The first-order valence-electron chi connectivity index (χ1n) is 6.36. The maximum absolute atomic E-state index is 10.7. The number of rotatable bonds is 5. The molecule has 0 aliphatic heterocycles. The van der Waals surface area contributed by atoms with Crippen LogP contribution < -0.4 is 5.32 Å². The number of hydrogen-bond acceptors (Lipinski definition) is 4. The summed E-state index contributed by atoms with van der Waals surface area (Å²) in [6, 6.07) is 4.68. The quantitative estimate of drug-likeness (QED) is 0.634. The van der Waals surface area contributed by atoms with E-state index in [-0.39, 0.29) is 11.1 Å². The Labute approximate surface area is 113 Å². The number of nitrogens with one attached hydrogen (secondary N) is 1. The third-order valence-electron chi connectivity index (χ3n) is 2.81. The summed E-state index contributed by atoms with van der Waals surface area (Å²) in [6.45, 7) is 8.46. The minimum absolute atomic E-state index is 0.0541. The molecule has 1 unspecified atom stereocenters. The van der Waals surface area contributed by atoms with Crippen LogP contribution in [0.3, 0.4) is 0 Å². The molecule has 0 spiro atoms. The number of benzene rings is 1. The first-order chi connectivity index (χ1) is 8.69. The lowest BCUT2D eigenvalue weighted by Crippen LogP contribution is -2.25. The molecule has 0 saturated heterocycles. The SMILES string of the molecule is Cc1ccc([N+](=O)[O-])cc1NCC(O)CC(C)(C)C. The molecule has 0 aliphatic carbocycles. The Bertz CT molecular complexity index is 452. The van der Waals surface area contributed by atoms with Crippen LogP contribution in [0.5, 0.6) is 0 Å². The molecule has 2 N–H and O–H groups in total. The Morgan fingerprint density at radius 1 is 1.42 bits per heavy atom. The Hall–Kier alpha value is -1.62. The van der Waals surface area contributed by atoms with Gasteiger partial charge >= 0.3 is 0 Å². The molecule has 0 aliphatic rings. The summed E-state index contributed by atoms with van der Waals surface area (Å²) in [5.41, 5.74) is 1.73. The van der Waals surface area contributed by atoms with Gasteiger partial charge in [-0.2, -0.15) is 0 Å². The third kappa shape index (κ3) is 5.26. The highest BCUT2D eigenvalue weighted by Gasteiger charge is 2.17. The molecule has 0 radical (unpaired) electrons. The zero-order valence-electron chi connectivity index (χ0n) is 11.9. The molecule has 1 aromatic carbocycles. The molecule has 1 atom stereocenters. The summed E-state index contributed by atoms with van der Waals surface area (Å²) in [6.07, 6.45) is 0.201. The van der Waals surface area contributed by atoms with Crippen molar-refractivity contribution in [2.75, 3.05) is 11.9 Å². The first kappa shape index (κ1) is 15.4. The number of aliphatic hydroxyl groups is 1. The molecule has 1 rings (SSSR count). The van der Waals surface area contributed by atoms with E-state index in [1.807, 2.05) is 6.92 Å². The van der Waals surface area contributed by atoms with Gasteiger partial charge in [0.25, 0.3) is 5.69 Å². The van der Waals surface area contributed by atoms with E-state index < -0.39 is 11.0 Å². The fourth-order valence-corrected chi connectivity index (χ4v) is 1.92. The van der Waals surface area contributed by atoms with E-state index in [0.29, 0.717) is 18.7 Å². The summed E-state index contributed by atoms with van der Waals surface area (Å²) >= 11 is 0. The van der Waals surface area contributed by atoms with Crippen LogP contribution in [0, 0.1) is 22.5 Å². The molecule has 0 aromatic heterocycles. The number of aliphatic hydroxyl groups excluding tert-OH is 1. The average molecular weight is 266 g/mol. The highest BCUT2D eigenvalue weighted by atomic mass is 16.6. The molecule has 106 valence electrons. The summed E-state index contributed by atoms with van der Waals surface area (Å²) in [5, 5.41) is 23.7. The van der Waals surface area contributed by atoms with Gasteiger partial charge in [-0.15, -0.1) is 0 Å². The van der Waals surface area contributed by atoms with Gasteiger partial charge in [0.15, 0.2) is 0 Å². The Morgan fingerprint density at radius 2 is 2.05 bits per heavy atom. The molecular formula is C14H22N2O3. The highest BCUT2D eigenvalue weighted by Crippen LogP contribution is 2.23. The summed E-state index contributed by atoms with van der Waals surface area (Å²) in [5.74, 6) is 0. The lowest BCUT2D eigenvalue weighted by atomic mass is 9.89. The Morgan fingerprint density at radius 3 is 2.58 bits per heavy atom. The Kier molecular flexibility index (Phi) is 4.89. The molecule has 5 heteroatoms.